The second-order valence-corrected chi connectivity index (χ2v) is 7.30. The normalized spacial score (nSPS) is 14.2. The highest BCUT2D eigenvalue weighted by Crippen LogP contribution is 2.26. The van der Waals surface area contributed by atoms with Crippen LogP contribution in [-0.2, 0) is 0 Å². The van der Waals surface area contributed by atoms with E-state index in [-0.39, 0.29) is 0 Å². The molecule has 1 aliphatic rings. The van der Waals surface area contributed by atoms with Crippen molar-refractivity contribution < 1.29 is 0 Å². The molecule has 0 saturated carbocycles. The molecule has 28 heavy (non-hydrogen) atoms. The number of halogens is 1. The maximum Gasteiger partial charge on any atom is 0.229 e. The maximum atomic E-state index is 6.23. The molecule has 1 N–H and O–H groups in total. The van der Waals surface area contributed by atoms with Crippen LogP contribution in [0.2, 0.25) is 5.02 Å². The Morgan fingerprint density at radius 3 is 2.36 bits per heavy atom. The van der Waals surface area contributed by atoms with Gasteiger partial charge in [-0.2, -0.15) is 4.98 Å². The van der Waals surface area contributed by atoms with Crippen molar-refractivity contribution in [1.82, 2.24) is 15.0 Å². The molecule has 0 bridgehead atoms. The number of hydrogen-bond acceptors (Lipinski definition) is 6. The van der Waals surface area contributed by atoms with Gasteiger partial charge in [-0.05, 0) is 43.7 Å². The van der Waals surface area contributed by atoms with Crippen LogP contribution in [-0.4, -0.2) is 41.1 Å². The van der Waals surface area contributed by atoms with E-state index in [0.29, 0.717) is 5.95 Å². The zero-order chi connectivity index (χ0) is 19.5. The molecule has 0 spiro atoms. The summed E-state index contributed by atoms with van der Waals surface area (Å²) in [6, 6.07) is 13.8. The number of aromatic nitrogens is 3. The van der Waals surface area contributed by atoms with Crippen molar-refractivity contribution in [3.05, 3.63) is 64.9 Å². The van der Waals surface area contributed by atoms with E-state index in [9.17, 15) is 0 Å². The van der Waals surface area contributed by atoms with Crippen LogP contribution in [0, 0.1) is 13.8 Å². The third-order valence-corrected chi connectivity index (χ3v) is 5.34. The molecular weight excluding hydrogens is 372 g/mol. The number of benzene rings is 1. The minimum absolute atomic E-state index is 0.590. The van der Waals surface area contributed by atoms with Gasteiger partial charge in [0.15, 0.2) is 0 Å². The standard InChI is InChI=1S/C21H23ClN6/c1-15-14-20(26-21(24-15)25-18-7-5-6-17(22)16(18)2)28-12-10-27(11-13-28)19-8-3-4-9-23-19/h3-9,14H,10-13H2,1-2H3,(H,24,25,26). The largest absolute Gasteiger partial charge is 0.353 e. The molecule has 2 aromatic heterocycles. The Kier molecular flexibility index (Phi) is 5.30. The highest BCUT2D eigenvalue weighted by atomic mass is 35.5. The number of rotatable bonds is 4. The van der Waals surface area contributed by atoms with E-state index in [1.54, 1.807) is 0 Å². The summed E-state index contributed by atoms with van der Waals surface area (Å²) in [5, 5.41) is 4.04. The summed E-state index contributed by atoms with van der Waals surface area (Å²) in [4.78, 5) is 18.3. The molecule has 0 unspecified atom stereocenters. The number of anilines is 4. The first-order valence-corrected chi connectivity index (χ1v) is 9.77. The zero-order valence-electron chi connectivity index (χ0n) is 16.1. The van der Waals surface area contributed by atoms with Gasteiger partial charge in [0.2, 0.25) is 5.95 Å². The Labute approximate surface area is 170 Å². The predicted octanol–water partition coefficient (Wildman–Crippen LogP) is 4.21. The Hall–Kier alpha value is -2.86. The lowest BCUT2D eigenvalue weighted by Gasteiger charge is -2.36. The fraction of sp³-hybridized carbons (Fsp3) is 0.286. The lowest BCUT2D eigenvalue weighted by Crippen LogP contribution is -2.47. The van der Waals surface area contributed by atoms with Crippen molar-refractivity contribution >= 4 is 34.9 Å². The number of pyridine rings is 1. The van der Waals surface area contributed by atoms with Crippen molar-refractivity contribution in [2.45, 2.75) is 13.8 Å². The molecule has 4 rings (SSSR count). The molecule has 1 fully saturated rings. The number of nitrogens with zero attached hydrogens (tertiary/aromatic N) is 5. The van der Waals surface area contributed by atoms with Crippen LogP contribution < -0.4 is 15.1 Å². The van der Waals surface area contributed by atoms with Gasteiger partial charge in [0.25, 0.3) is 0 Å². The van der Waals surface area contributed by atoms with Gasteiger partial charge in [-0.25, -0.2) is 9.97 Å². The van der Waals surface area contributed by atoms with Crippen molar-refractivity contribution in [2.24, 2.45) is 0 Å². The fourth-order valence-corrected chi connectivity index (χ4v) is 3.51. The van der Waals surface area contributed by atoms with Crippen LogP contribution in [0.3, 0.4) is 0 Å². The first kappa shape index (κ1) is 18.5. The lowest BCUT2D eigenvalue weighted by atomic mass is 10.2. The first-order chi connectivity index (χ1) is 13.6. The zero-order valence-corrected chi connectivity index (χ0v) is 16.8. The topological polar surface area (TPSA) is 57.2 Å². The summed E-state index contributed by atoms with van der Waals surface area (Å²) in [6.45, 7) is 7.58. The van der Waals surface area contributed by atoms with E-state index in [1.165, 1.54) is 0 Å². The molecule has 7 heteroatoms. The third kappa shape index (κ3) is 4.02. The SMILES string of the molecule is Cc1cc(N2CCN(c3ccccn3)CC2)nc(Nc2cccc(Cl)c2C)n1. The summed E-state index contributed by atoms with van der Waals surface area (Å²) in [6.07, 6.45) is 1.84. The molecule has 6 nitrogen and oxygen atoms in total. The Bertz CT molecular complexity index is 954. The summed E-state index contributed by atoms with van der Waals surface area (Å²) in [5.41, 5.74) is 2.84. The van der Waals surface area contributed by atoms with Crippen molar-refractivity contribution in [1.29, 1.82) is 0 Å². The average molecular weight is 395 g/mol. The monoisotopic (exact) mass is 394 g/mol. The molecule has 3 heterocycles. The van der Waals surface area contributed by atoms with Crippen molar-refractivity contribution in [3.63, 3.8) is 0 Å². The first-order valence-electron chi connectivity index (χ1n) is 9.39. The molecule has 1 saturated heterocycles. The van der Waals surface area contributed by atoms with Crippen LogP contribution in [0.5, 0.6) is 0 Å². The molecule has 1 aliphatic heterocycles. The molecule has 1 aromatic carbocycles. The van der Waals surface area contributed by atoms with Crippen LogP contribution >= 0.6 is 11.6 Å². The Morgan fingerprint density at radius 2 is 1.64 bits per heavy atom. The summed E-state index contributed by atoms with van der Waals surface area (Å²) in [7, 11) is 0. The van der Waals surface area contributed by atoms with Gasteiger partial charge in [-0.3, -0.25) is 0 Å². The second kappa shape index (κ2) is 8.02. The van der Waals surface area contributed by atoms with Crippen LogP contribution in [0.1, 0.15) is 11.3 Å². The van der Waals surface area contributed by atoms with Crippen LogP contribution in [0.4, 0.5) is 23.3 Å². The van der Waals surface area contributed by atoms with E-state index in [0.717, 1.165) is 59.8 Å². The molecular formula is C21H23ClN6. The minimum atomic E-state index is 0.590. The summed E-state index contributed by atoms with van der Waals surface area (Å²) in [5.74, 6) is 2.56. The highest BCUT2D eigenvalue weighted by molar-refractivity contribution is 6.31. The summed E-state index contributed by atoms with van der Waals surface area (Å²) < 4.78 is 0. The van der Waals surface area contributed by atoms with Gasteiger partial charge < -0.3 is 15.1 Å². The number of nitrogens with one attached hydrogen (secondary N) is 1. The van der Waals surface area contributed by atoms with E-state index < -0.39 is 0 Å². The molecule has 144 valence electrons. The molecule has 3 aromatic rings. The van der Waals surface area contributed by atoms with Crippen molar-refractivity contribution in [2.75, 3.05) is 41.3 Å². The van der Waals surface area contributed by atoms with Gasteiger partial charge >= 0.3 is 0 Å². The van der Waals surface area contributed by atoms with E-state index in [2.05, 4.69) is 31.2 Å². The van der Waals surface area contributed by atoms with Crippen LogP contribution in [0.15, 0.2) is 48.7 Å². The maximum absolute atomic E-state index is 6.23. The van der Waals surface area contributed by atoms with E-state index in [1.807, 2.05) is 56.4 Å². The van der Waals surface area contributed by atoms with Gasteiger partial charge in [-0.15, -0.1) is 0 Å². The van der Waals surface area contributed by atoms with E-state index in [4.69, 9.17) is 16.6 Å². The highest BCUT2D eigenvalue weighted by Gasteiger charge is 2.20. The average Bonchev–Trinajstić information content (AvgIpc) is 2.72. The summed E-state index contributed by atoms with van der Waals surface area (Å²) >= 11 is 6.23. The molecule has 0 atom stereocenters. The van der Waals surface area contributed by atoms with Gasteiger partial charge in [0.05, 0.1) is 0 Å². The third-order valence-electron chi connectivity index (χ3n) is 4.93. The van der Waals surface area contributed by atoms with Crippen molar-refractivity contribution in [3.8, 4) is 0 Å². The van der Waals surface area contributed by atoms with Gasteiger partial charge in [0.1, 0.15) is 11.6 Å². The molecule has 0 radical (unpaired) electrons. The van der Waals surface area contributed by atoms with Gasteiger partial charge in [0, 0.05) is 54.8 Å². The van der Waals surface area contributed by atoms with Crippen LogP contribution in [0.25, 0.3) is 0 Å². The molecule has 0 amide bonds. The lowest BCUT2D eigenvalue weighted by molar-refractivity contribution is 0.641. The minimum Gasteiger partial charge on any atom is -0.353 e. The molecule has 0 aliphatic carbocycles. The second-order valence-electron chi connectivity index (χ2n) is 6.89. The predicted molar refractivity (Wildman–Crippen MR) is 115 cm³/mol. The smallest absolute Gasteiger partial charge is 0.229 e. The van der Waals surface area contributed by atoms with E-state index >= 15 is 0 Å². The number of piperazine rings is 1. The number of aryl methyl sites for hydroxylation is 1. The van der Waals surface area contributed by atoms with Gasteiger partial charge in [-0.1, -0.05) is 23.7 Å². The number of hydrogen-bond donors (Lipinski definition) is 1. The Balaban J connectivity index is 1.49. The Morgan fingerprint density at radius 1 is 0.893 bits per heavy atom. The fourth-order valence-electron chi connectivity index (χ4n) is 3.34. The quantitative estimate of drug-likeness (QED) is 0.715.